The molecule has 0 spiro atoms. The van der Waals surface area contributed by atoms with E-state index in [-0.39, 0.29) is 0 Å². The van der Waals surface area contributed by atoms with Gasteiger partial charge in [-0.25, -0.2) is 0 Å². The lowest BCUT2D eigenvalue weighted by Gasteiger charge is -2.03. The molecule has 0 saturated heterocycles. The molecule has 0 fully saturated rings. The van der Waals surface area contributed by atoms with Crippen molar-refractivity contribution in [2.45, 2.75) is 0 Å². The van der Waals surface area contributed by atoms with Crippen molar-refractivity contribution >= 4 is 27.8 Å². The van der Waals surface area contributed by atoms with E-state index in [0.29, 0.717) is 0 Å². The quantitative estimate of drug-likeness (QED) is 0.742. The van der Waals surface area contributed by atoms with Gasteiger partial charge in [0.2, 0.25) is 0 Å². The highest BCUT2D eigenvalue weighted by Crippen LogP contribution is 2.36. The molecule has 0 unspecified atom stereocenters. The highest BCUT2D eigenvalue weighted by molar-refractivity contribution is 7.61. The van der Waals surface area contributed by atoms with Crippen molar-refractivity contribution in [3.63, 3.8) is 0 Å². The number of thiophene rings is 1. The second kappa shape index (κ2) is 9.51. The summed E-state index contributed by atoms with van der Waals surface area (Å²) >= 11 is 1.80. The smallest absolute Gasteiger partial charge is 0.326 e. The van der Waals surface area contributed by atoms with E-state index in [1.165, 1.54) is 21.6 Å². The number of hydrogen-bond acceptors (Lipinski definition) is 5. The average molecular weight is 373 g/mol. The Morgan fingerprint density at radius 1 is 0.920 bits per heavy atom. The van der Waals surface area contributed by atoms with Crippen LogP contribution >= 0.6 is 11.3 Å². The summed E-state index contributed by atoms with van der Waals surface area (Å²) in [6, 6.07) is 23.3. The van der Waals surface area contributed by atoms with Gasteiger partial charge >= 0.3 is 16.5 Å². The first-order valence-corrected chi connectivity index (χ1v) is 9.16. The molecule has 5 nitrogen and oxygen atoms in total. The summed E-state index contributed by atoms with van der Waals surface area (Å²) in [7, 11) is -2.59. The van der Waals surface area contributed by atoms with Crippen LogP contribution in [0.5, 0.6) is 0 Å². The third-order valence-electron chi connectivity index (χ3n) is 3.09. The van der Waals surface area contributed by atoms with Crippen LogP contribution in [-0.2, 0) is 15.3 Å². The number of carbonyl (C=O) groups is 1. The molecule has 7 heteroatoms. The zero-order valence-electron chi connectivity index (χ0n) is 13.1. The minimum Gasteiger partial charge on any atom is -0.480 e. The number of carboxylic acid groups (broad SMARTS) is 1. The number of carboxylic acids is 1. The average Bonchev–Trinajstić information content (AvgIpc) is 3.12. The zero-order chi connectivity index (χ0) is 18.1. The Labute approximate surface area is 150 Å². The minimum absolute atomic E-state index is 0.684. The largest absolute Gasteiger partial charge is 0.480 e. The lowest BCUT2D eigenvalue weighted by atomic mass is 10.0. The third-order valence-corrected chi connectivity index (χ3v) is 4.39. The van der Waals surface area contributed by atoms with Gasteiger partial charge in [-0.3, -0.25) is 4.79 Å². The molecule has 0 aliphatic heterocycles. The number of nitrogens with zero attached hydrogens (tertiary/aromatic N) is 1. The summed E-state index contributed by atoms with van der Waals surface area (Å²) < 4.78 is 21.6. The van der Waals surface area contributed by atoms with Crippen molar-refractivity contribution in [2.75, 3.05) is 6.54 Å². The summed E-state index contributed by atoms with van der Waals surface area (Å²) in [5.74, 6) is -1.26. The van der Waals surface area contributed by atoms with E-state index in [4.69, 9.17) is 5.11 Å². The maximum absolute atomic E-state index is 9.54. The Bertz CT molecular complexity index is 887. The number of rotatable bonds is 4. The molecule has 0 aliphatic carbocycles. The molecule has 3 aromatic rings. The molecule has 0 aliphatic rings. The van der Waals surface area contributed by atoms with Crippen molar-refractivity contribution < 1.29 is 18.3 Å². The highest BCUT2D eigenvalue weighted by atomic mass is 32.2. The normalized spacial score (nSPS) is 9.60. The van der Waals surface area contributed by atoms with Crippen molar-refractivity contribution in [3.05, 3.63) is 72.1 Å². The fourth-order valence-electron chi connectivity index (χ4n) is 2.08. The van der Waals surface area contributed by atoms with Gasteiger partial charge in [0.1, 0.15) is 0 Å². The van der Waals surface area contributed by atoms with Gasteiger partial charge in [-0.05, 0) is 22.6 Å². The van der Waals surface area contributed by atoms with Gasteiger partial charge in [0, 0.05) is 10.4 Å². The fourth-order valence-corrected chi connectivity index (χ4v) is 3.22. The van der Waals surface area contributed by atoms with Crippen LogP contribution in [0.25, 0.3) is 21.6 Å². The van der Waals surface area contributed by atoms with Crippen LogP contribution in [0.3, 0.4) is 0 Å². The van der Waals surface area contributed by atoms with Gasteiger partial charge in [0.15, 0.2) is 6.54 Å². The number of aliphatic carboxylic acids is 1. The van der Waals surface area contributed by atoms with Crippen LogP contribution < -0.4 is 0 Å². The van der Waals surface area contributed by atoms with E-state index in [1.807, 2.05) is 0 Å². The van der Waals surface area contributed by atoms with Gasteiger partial charge in [-0.15, -0.1) is 11.3 Å². The molecule has 0 atom stereocenters. The second-order valence-electron chi connectivity index (χ2n) is 4.79. The maximum atomic E-state index is 9.54. The SMILES string of the molecule is O=C(O)CN=S(=O)=O.c1ccc(-c2ccsc2-c2ccccc2)cc1. The molecule has 25 heavy (non-hydrogen) atoms. The fraction of sp³-hybridized carbons (Fsp3) is 0.0556. The van der Waals surface area contributed by atoms with Crippen LogP contribution in [0.2, 0.25) is 0 Å². The third kappa shape index (κ3) is 5.98. The van der Waals surface area contributed by atoms with Crippen molar-refractivity contribution in [1.29, 1.82) is 0 Å². The van der Waals surface area contributed by atoms with Crippen LogP contribution in [0.15, 0.2) is 76.5 Å². The van der Waals surface area contributed by atoms with Crippen LogP contribution in [0.1, 0.15) is 0 Å². The Kier molecular flexibility index (Phi) is 7.06. The molecule has 1 N–H and O–H groups in total. The molecule has 1 heterocycles. The van der Waals surface area contributed by atoms with Crippen LogP contribution in [-0.4, -0.2) is 26.0 Å². The molecule has 2 aromatic carbocycles. The maximum Gasteiger partial charge on any atom is 0.326 e. The van der Waals surface area contributed by atoms with E-state index in [2.05, 4.69) is 76.5 Å². The molecule has 3 rings (SSSR count). The molecular weight excluding hydrogens is 358 g/mol. The zero-order valence-corrected chi connectivity index (χ0v) is 14.7. The lowest BCUT2D eigenvalue weighted by Crippen LogP contribution is -1.97. The molecule has 0 amide bonds. The van der Waals surface area contributed by atoms with Crippen molar-refractivity contribution in [3.8, 4) is 21.6 Å². The van der Waals surface area contributed by atoms with Gasteiger partial charge in [-0.2, -0.15) is 12.8 Å². The Morgan fingerprint density at radius 2 is 1.48 bits per heavy atom. The molecular formula is C18H15NO4S2. The predicted molar refractivity (Wildman–Crippen MR) is 99.0 cm³/mol. The summed E-state index contributed by atoms with van der Waals surface area (Å²) in [5, 5.41) is 9.95. The van der Waals surface area contributed by atoms with Gasteiger partial charge in [-0.1, -0.05) is 60.7 Å². The van der Waals surface area contributed by atoms with Crippen LogP contribution in [0.4, 0.5) is 0 Å². The Balaban J connectivity index is 0.000000242. The van der Waals surface area contributed by atoms with Crippen molar-refractivity contribution in [1.82, 2.24) is 0 Å². The molecule has 0 bridgehead atoms. The molecule has 0 radical (unpaired) electrons. The predicted octanol–water partition coefficient (Wildman–Crippen LogP) is 4.22. The first-order chi connectivity index (χ1) is 12.1. The topological polar surface area (TPSA) is 83.8 Å². The highest BCUT2D eigenvalue weighted by Gasteiger charge is 2.07. The number of benzene rings is 2. The van der Waals surface area contributed by atoms with E-state index < -0.39 is 23.0 Å². The Hall–Kier alpha value is -2.77. The molecule has 128 valence electrons. The molecule has 1 aromatic heterocycles. The first-order valence-electron chi connectivity index (χ1n) is 7.25. The summed E-state index contributed by atoms with van der Waals surface area (Å²) in [6.45, 7) is -0.684. The van der Waals surface area contributed by atoms with Gasteiger partial charge in [0.05, 0.1) is 0 Å². The van der Waals surface area contributed by atoms with Gasteiger partial charge < -0.3 is 5.11 Å². The van der Waals surface area contributed by atoms with E-state index >= 15 is 0 Å². The summed E-state index contributed by atoms with van der Waals surface area (Å²) in [6.07, 6.45) is 0. The second-order valence-corrected chi connectivity index (χ2v) is 6.40. The van der Waals surface area contributed by atoms with Gasteiger partial charge in [0.25, 0.3) is 0 Å². The van der Waals surface area contributed by atoms with E-state index in [9.17, 15) is 13.2 Å². The van der Waals surface area contributed by atoms with Crippen LogP contribution in [0, 0.1) is 0 Å². The summed E-state index contributed by atoms with van der Waals surface area (Å²) in [4.78, 5) is 10.9. The Morgan fingerprint density at radius 3 is 1.96 bits per heavy atom. The lowest BCUT2D eigenvalue weighted by molar-refractivity contribution is -0.135. The van der Waals surface area contributed by atoms with E-state index in [0.717, 1.165) is 0 Å². The summed E-state index contributed by atoms with van der Waals surface area (Å²) in [5.41, 5.74) is 3.90. The first kappa shape index (κ1) is 18.6. The van der Waals surface area contributed by atoms with Crippen molar-refractivity contribution in [2.24, 2.45) is 4.36 Å². The van der Waals surface area contributed by atoms with E-state index in [1.54, 1.807) is 11.3 Å². The minimum atomic E-state index is -2.59. The number of hydrogen-bond donors (Lipinski definition) is 1. The monoisotopic (exact) mass is 373 g/mol. The molecule has 0 saturated carbocycles. The standard InChI is InChI=1S/C16H12S.C2H3NO4S/c1-3-7-13(8-4-1)15-11-12-17-16(15)14-9-5-2-6-10-14;4-2(5)1-3-8(6)7/h1-12H;1H2,(H,4,5).